The molecule has 10 nitrogen and oxygen atoms in total. The SMILES string of the molecule is CCC(=O)NCCN1C(=O)C(C)(C)Oc2cc(CC)c(C(=O)N(C(C)C)[C@@H]3CCCN(C(=O)OC(C)(C)C)C3)cc21. The molecule has 0 unspecified atom stereocenters. The molecule has 1 N–H and O–H groups in total. The summed E-state index contributed by atoms with van der Waals surface area (Å²) in [6.07, 6.45) is 2.12. The molecule has 0 radical (unpaired) electrons. The van der Waals surface area contributed by atoms with Crippen LogP contribution in [-0.4, -0.2) is 83.1 Å². The second kappa shape index (κ2) is 12.7. The number of hydrogen-bond donors (Lipinski definition) is 1. The Morgan fingerprint density at radius 3 is 2.46 bits per heavy atom. The van der Waals surface area contributed by atoms with Gasteiger partial charge in [-0.05, 0) is 85.4 Å². The van der Waals surface area contributed by atoms with Gasteiger partial charge >= 0.3 is 6.09 Å². The van der Waals surface area contributed by atoms with Crippen molar-refractivity contribution in [3.8, 4) is 5.75 Å². The minimum Gasteiger partial charge on any atom is -0.476 e. The van der Waals surface area contributed by atoms with E-state index in [4.69, 9.17) is 9.47 Å². The van der Waals surface area contributed by atoms with E-state index in [1.807, 2.05) is 52.5 Å². The lowest BCUT2D eigenvalue weighted by Crippen LogP contribution is -2.55. The van der Waals surface area contributed by atoms with E-state index in [0.717, 1.165) is 18.4 Å². The van der Waals surface area contributed by atoms with Crippen molar-refractivity contribution < 1.29 is 28.7 Å². The Hall–Kier alpha value is -3.30. The largest absolute Gasteiger partial charge is 0.476 e. The molecule has 4 amide bonds. The number of nitrogens with one attached hydrogen (secondary N) is 1. The van der Waals surface area contributed by atoms with Gasteiger partial charge in [-0.15, -0.1) is 0 Å². The van der Waals surface area contributed by atoms with Gasteiger partial charge in [0.2, 0.25) is 5.91 Å². The maximum atomic E-state index is 14.3. The highest BCUT2D eigenvalue weighted by molar-refractivity contribution is 6.05. The molecule has 1 saturated heterocycles. The van der Waals surface area contributed by atoms with Crippen LogP contribution < -0.4 is 15.0 Å². The number of carbonyl (C=O) groups is 4. The minimum atomic E-state index is -1.09. The van der Waals surface area contributed by atoms with E-state index in [1.54, 1.807) is 36.6 Å². The van der Waals surface area contributed by atoms with Gasteiger partial charge in [0.15, 0.2) is 5.60 Å². The second-order valence-corrected chi connectivity index (χ2v) is 12.6. The lowest BCUT2D eigenvalue weighted by molar-refractivity contribution is -0.132. The number of piperidine rings is 1. The summed E-state index contributed by atoms with van der Waals surface area (Å²) in [4.78, 5) is 57.6. The van der Waals surface area contributed by atoms with Gasteiger partial charge in [0.1, 0.15) is 11.4 Å². The lowest BCUT2D eigenvalue weighted by atomic mass is 9.96. The van der Waals surface area contributed by atoms with Crippen molar-refractivity contribution in [3.63, 3.8) is 0 Å². The van der Waals surface area contributed by atoms with E-state index < -0.39 is 11.2 Å². The summed E-state index contributed by atoms with van der Waals surface area (Å²) >= 11 is 0. The van der Waals surface area contributed by atoms with E-state index in [0.29, 0.717) is 42.9 Å². The Labute approximate surface area is 244 Å². The molecule has 1 aromatic rings. The molecule has 0 aromatic heterocycles. The van der Waals surface area contributed by atoms with Gasteiger partial charge in [-0.25, -0.2) is 4.79 Å². The zero-order valence-electron chi connectivity index (χ0n) is 26.3. The van der Waals surface area contributed by atoms with Crippen molar-refractivity contribution in [2.75, 3.05) is 31.1 Å². The lowest BCUT2D eigenvalue weighted by Gasteiger charge is -2.42. The minimum absolute atomic E-state index is 0.0946. The van der Waals surface area contributed by atoms with Gasteiger partial charge in [-0.1, -0.05) is 13.8 Å². The van der Waals surface area contributed by atoms with Crippen LogP contribution in [-0.2, 0) is 20.7 Å². The normalized spacial score (nSPS) is 18.5. The zero-order valence-corrected chi connectivity index (χ0v) is 26.3. The number of benzene rings is 1. The first kappa shape index (κ1) is 32.2. The summed E-state index contributed by atoms with van der Waals surface area (Å²) in [6, 6.07) is 3.32. The molecule has 3 rings (SSSR count). The van der Waals surface area contributed by atoms with Gasteiger partial charge in [0, 0.05) is 44.2 Å². The van der Waals surface area contributed by atoms with Crippen LogP contribution in [0.5, 0.6) is 5.75 Å². The fourth-order valence-electron chi connectivity index (χ4n) is 5.44. The third-order valence-corrected chi connectivity index (χ3v) is 7.42. The highest BCUT2D eigenvalue weighted by Crippen LogP contribution is 2.40. The number of likely N-dealkylation sites (tertiary alicyclic amines) is 1. The predicted octanol–water partition coefficient (Wildman–Crippen LogP) is 4.53. The quantitative estimate of drug-likeness (QED) is 0.490. The second-order valence-electron chi connectivity index (χ2n) is 12.6. The molecule has 1 fully saturated rings. The maximum Gasteiger partial charge on any atom is 0.410 e. The van der Waals surface area contributed by atoms with Gasteiger partial charge in [-0.3, -0.25) is 14.4 Å². The van der Waals surface area contributed by atoms with Crippen molar-refractivity contribution >= 4 is 29.5 Å². The number of fused-ring (bicyclic) bond motifs is 1. The summed E-state index contributed by atoms with van der Waals surface area (Å²) in [5.74, 6) is 0.0594. The molecule has 10 heteroatoms. The molecule has 2 aliphatic heterocycles. The van der Waals surface area contributed by atoms with E-state index in [2.05, 4.69) is 5.32 Å². The first-order valence-electron chi connectivity index (χ1n) is 14.8. The van der Waals surface area contributed by atoms with Gasteiger partial charge in [-0.2, -0.15) is 0 Å². The number of amides is 4. The van der Waals surface area contributed by atoms with Crippen LogP contribution in [0.2, 0.25) is 0 Å². The number of ether oxygens (including phenoxy) is 2. The molecular formula is C31H48N4O6. The van der Waals surface area contributed by atoms with E-state index in [-0.39, 0.29) is 49.0 Å². The number of rotatable bonds is 8. The average molecular weight is 573 g/mol. The summed E-state index contributed by atoms with van der Waals surface area (Å²) in [5, 5.41) is 2.83. The van der Waals surface area contributed by atoms with Crippen LogP contribution in [0.15, 0.2) is 12.1 Å². The summed E-state index contributed by atoms with van der Waals surface area (Å²) in [5.41, 5.74) is 0.158. The van der Waals surface area contributed by atoms with Crippen molar-refractivity contribution in [3.05, 3.63) is 23.3 Å². The summed E-state index contributed by atoms with van der Waals surface area (Å²) < 4.78 is 11.7. The average Bonchev–Trinajstić information content (AvgIpc) is 2.88. The van der Waals surface area contributed by atoms with E-state index in [1.165, 1.54) is 0 Å². The third-order valence-electron chi connectivity index (χ3n) is 7.42. The smallest absolute Gasteiger partial charge is 0.410 e. The Bertz CT molecular complexity index is 1160. The molecule has 0 saturated carbocycles. The fraction of sp³-hybridized carbons (Fsp3) is 0.677. The Kier molecular flexibility index (Phi) is 9.98. The van der Waals surface area contributed by atoms with Gasteiger partial charge < -0.3 is 29.5 Å². The standard InChI is InChI=1S/C31H48N4O6/c1-10-21-17-25-24(34(16-14-32-26(36)11-2)28(38)31(8,9)40-25)18-23(21)27(37)35(20(3)4)22-13-12-15-33(19-22)29(39)41-30(5,6)7/h17-18,20,22H,10-16,19H2,1-9H3,(H,32,36)/t22-/m1/s1. The van der Waals surface area contributed by atoms with Gasteiger partial charge in [0.25, 0.3) is 11.8 Å². The third kappa shape index (κ3) is 7.51. The topological polar surface area (TPSA) is 108 Å². The zero-order chi connectivity index (χ0) is 30.7. The number of carbonyl (C=O) groups excluding carboxylic acids is 4. The highest BCUT2D eigenvalue weighted by atomic mass is 16.6. The van der Waals surface area contributed by atoms with Crippen LogP contribution in [0.25, 0.3) is 0 Å². The molecular weight excluding hydrogens is 524 g/mol. The highest BCUT2D eigenvalue weighted by Gasteiger charge is 2.42. The molecule has 2 aliphatic rings. The van der Waals surface area contributed by atoms with Crippen LogP contribution in [0.4, 0.5) is 10.5 Å². The molecule has 2 heterocycles. The number of anilines is 1. The first-order valence-corrected chi connectivity index (χ1v) is 14.8. The summed E-state index contributed by atoms with van der Waals surface area (Å²) in [6.45, 7) is 18.2. The Morgan fingerprint density at radius 2 is 1.88 bits per heavy atom. The van der Waals surface area contributed by atoms with Crippen molar-refractivity contribution in [2.45, 2.75) is 111 Å². The van der Waals surface area contributed by atoms with Crippen LogP contribution in [0.3, 0.4) is 0 Å². The molecule has 0 aliphatic carbocycles. The van der Waals surface area contributed by atoms with Gasteiger partial charge in [0.05, 0.1) is 11.7 Å². The Morgan fingerprint density at radius 1 is 1.20 bits per heavy atom. The van der Waals surface area contributed by atoms with Crippen LogP contribution in [0.1, 0.15) is 97.5 Å². The maximum absolute atomic E-state index is 14.3. The molecule has 41 heavy (non-hydrogen) atoms. The van der Waals surface area contributed by atoms with Crippen molar-refractivity contribution in [1.82, 2.24) is 15.1 Å². The van der Waals surface area contributed by atoms with Crippen LogP contribution in [0, 0.1) is 0 Å². The monoisotopic (exact) mass is 572 g/mol. The molecule has 0 spiro atoms. The molecule has 1 aromatic carbocycles. The number of aryl methyl sites for hydroxylation is 1. The predicted molar refractivity (Wildman–Crippen MR) is 158 cm³/mol. The molecule has 1 atom stereocenters. The number of nitrogens with zero attached hydrogens (tertiary/aromatic N) is 3. The van der Waals surface area contributed by atoms with E-state index in [9.17, 15) is 19.2 Å². The van der Waals surface area contributed by atoms with Crippen molar-refractivity contribution in [1.29, 1.82) is 0 Å². The Balaban J connectivity index is 1.96. The van der Waals surface area contributed by atoms with Crippen molar-refractivity contribution in [2.24, 2.45) is 0 Å². The molecule has 0 bridgehead atoms. The number of hydrogen-bond acceptors (Lipinski definition) is 6. The van der Waals surface area contributed by atoms with E-state index >= 15 is 0 Å². The molecule has 228 valence electrons. The fourth-order valence-corrected chi connectivity index (χ4v) is 5.44. The first-order chi connectivity index (χ1) is 19.1. The van der Waals surface area contributed by atoms with Crippen LogP contribution >= 0.6 is 0 Å². The summed E-state index contributed by atoms with van der Waals surface area (Å²) in [7, 11) is 0.